The summed E-state index contributed by atoms with van der Waals surface area (Å²) in [6.45, 7) is 6.89. The van der Waals surface area contributed by atoms with Crippen LogP contribution in [-0.2, 0) is 4.74 Å². The highest BCUT2D eigenvalue weighted by Gasteiger charge is 2.09. The molecule has 94 valence electrons. The first-order valence-corrected chi connectivity index (χ1v) is 5.93. The Bertz CT molecular complexity index is 201. The average Bonchev–Trinajstić information content (AvgIpc) is 2.24. The van der Waals surface area contributed by atoms with Gasteiger partial charge < -0.3 is 9.64 Å². The number of ether oxygens (including phenoxy) is 1. The lowest BCUT2D eigenvalue weighted by atomic mass is 10.2. The molecule has 0 saturated carbocycles. The van der Waals surface area contributed by atoms with E-state index in [1.807, 2.05) is 0 Å². The van der Waals surface area contributed by atoms with Gasteiger partial charge in [-0.3, -0.25) is 5.32 Å². The summed E-state index contributed by atoms with van der Waals surface area (Å²) < 4.78 is 5.00. The predicted octanol–water partition coefficient (Wildman–Crippen LogP) is 1.23. The van der Waals surface area contributed by atoms with Crippen LogP contribution in [0.25, 0.3) is 0 Å². The topological polar surface area (TPSA) is 48.3 Å². The van der Waals surface area contributed by atoms with E-state index in [0.29, 0.717) is 6.04 Å². The molecule has 16 heavy (non-hydrogen) atoms. The molecular weight excluding hydrogens is 202 g/mol. The van der Waals surface area contributed by atoms with Crippen LogP contribution in [0.1, 0.15) is 26.7 Å². The van der Waals surface area contributed by atoms with E-state index in [2.05, 4.69) is 37.2 Å². The molecule has 0 fully saturated rings. The Kier molecular flexibility index (Phi) is 9.21. The van der Waals surface area contributed by atoms with E-state index in [-0.39, 0.29) is 6.04 Å². The molecule has 0 heterocycles. The SMILES string of the molecule is COCCCN(C)CCC(C#N)NC(C)C. The standard InChI is InChI=1S/C12H25N3O/c1-11(2)14-12(10-13)6-8-15(3)7-5-9-16-4/h11-12,14H,5-9H2,1-4H3. The maximum absolute atomic E-state index is 8.95. The molecule has 0 aromatic rings. The highest BCUT2D eigenvalue weighted by molar-refractivity contribution is 4.90. The molecule has 4 heteroatoms. The average molecular weight is 227 g/mol. The van der Waals surface area contributed by atoms with Gasteiger partial charge in [0.15, 0.2) is 0 Å². The van der Waals surface area contributed by atoms with Crippen molar-refractivity contribution in [2.75, 3.05) is 33.9 Å². The highest BCUT2D eigenvalue weighted by Crippen LogP contribution is 1.97. The Balaban J connectivity index is 3.63. The number of nitriles is 1. The highest BCUT2D eigenvalue weighted by atomic mass is 16.5. The van der Waals surface area contributed by atoms with E-state index in [1.54, 1.807) is 7.11 Å². The minimum absolute atomic E-state index is 0.0372. The summed E-state index contributed by atoms with van der Waals surface area (Å²) in [5.41, 5.74) is 0. The summed E-state index contributed by atoms with van der Waals surface area (Å²) in [7, 11) is 3.80. The van der Waals surface area contributed by atoms with Crippen LogP contribution in [0.4, 0.5) is 0 Å². The van der Waals surface area contributed by atoms with Crippen LogP contribution in [0.5, 0.6) is 0 Å². The Morgan fingerprint density at radius 3 is 2.56 bits per heavy atom. The third-order valence-corrected chi connectivity index (χ3v) is 2.38. The number of methoxy groups -OCH3 is 1. The van der Waals surface area contributed by atoms with Gasteiger partial charge in [0.05, 0.1) is 12.1 Å². The van der Waals surface area contributed by atoms with Crippen LogP contribution < -0.4 is 5.32 Å². The van der Waals surface area contributed by atoms with Crippen molar-refractivity contribution < 1.29 is 4.74 Å². The third kappa shape index (κ3) is 8.66. The maximum atomic E-state index is 8.95. The first kappa shape index (κ1) is 15.4. The number of hydrogen-bond acceptors (Lipinski definition) is 4. The summed E-state index contributed by atoms with van der Waals surface area (Å²) >= 11 is 0. The molecular formula is C12H25N3O. The van der Waals surface area contributed by atoms with Gasteiger partial charge in [0.2, 0.25) is 0 Å². The molecule has 0 spiro atoms. The molecule has 0 aliphatic rings. The van der Waals surface area contributed by atoms with Crippen LogP contribution >= 0.6 is 0 Å². The van der Waals surface area contributed by atoms with Crippen LogP contribution in [0, 0.1) is 11.3 Å². The molecule has 0 saturated heterocycles. The molecule has 0 rings (SSSR count). The Morgan fingerprint density at radius 1 is 1.38 bits per heavy atom. The second-order valence-electron chi connectivity index (χ2n) is 4.44. The van der Waals surface area contributed by atoms with Crippen molar-refractivity contribution in [3.63, 3.8) is 0 Å². The van der Waals surface area contributed by atoms with Gasteiger partial charge in [-0.25, -0.2) is 0 Å². The van der Waals surface area contributed by atoms with E-state index in [9.17, 15) is 0 Å². The minimum Gasteiger partial charge on any atom is -0.385 e. The fraction of sp³-hybridized carbons (Fsp3) is 0.917. The summed E-state index contributed by atoms with van der Waals surface area (Å²) in [5, 5.41) is 12.2. The van der Waals surface area contributed by atoms with Crippen molar-refractivity contribution in [1.82, 2.24) is 10.2 Å². The molecule has 1 unspecified atom stereocenters. The summed E-state index contributed by atoms with van der Waals surface area (Å²) in [5.74, 6) is 0. The van der Waals surface area contributed by atoms with Gasteiger partial charge in [0.25, 0.3) is 0 Å². The minimum atomic E-state index is -0.0372. The molecule has 0 radical (unpaired) electrons. The van der Waals surface area contributed by atoms with E-state index >= 15 is 0 Å². The molecule has 0 aliphatic carbocycles. The summed E-state index contributed by atoms with van der Waals surface area (Å²) in [6.07, 6.45) is 1.92. The van der Waals surface area contributed by atoms with Gasteiger partial charge in [-0.2, -0.15) is 5.26 Å². The van der Waals surface area contributed by atoms with Crippen LogP contribution in [0.15, 0.2) is 0 Å². The fourth-order valence-corrected chi connectivity index (χ4v) is 1.53. The van der Waals surface area contributed by atoms with E-state index in [0.717, 1.165) is 32.5 Å². The van der Waals surface area contributed by atoms with Crippen molar-refractivity contribution in [1.29, 1.82) is 5.26 Å². The van der Waals surface area contributed by atoms with Crippen molar-refractivity contribution in [3.05, 3.63) is 0 Å². The number of rotatable bonds is 9. The molecule has 1 N–H and O–H groups in total. The summed E-state index contributed by atoms with van der Waals surface area (Å²) in [6, 6.07) is 2.62. The molecule has 0 bridgehead atoms. The number of nitrogens with zero attached hydrogens (tertiary/aromatic N) is 2. The van der Waals surface area contributed by atoms with Crippen molar-refractivity contribution in [2.45, 2.75) is 38.8 Å². The molecule has 0 amide bonds. The van der Waals surface area contributed by atoms with Crippen molar-refractivity contribution in [2.24, 2.45) is 0 Å². The zero-order valence-corrected chi connectivity index (χ0v) is 11.0. The third-order valence-electron chi connectivity index (χ3n) is 2.38. The fourth-order valence-electron chi connectivity index (χ4n) is 1.53. The zero-order chi connectivity index (χ0) is 12.4. The smallest absolute Gasteiger partial charge is 0.0967 e. The lowest BCUT2D eigenvalue weighted by molar-refractivity contribution is 0.178. The van der Waals surface area contributed by atoms with Gasteiger partial charge in [0.1, 0.15) is 0 Å². The first-order valence-electron chi connectivity index (χ1n) is 5.93. The quantitative estimate of drug-likeness (QED) is 0.602. The van der Waals surface area contributed by atoms with Gasteiger partial charge in [-0.05, 0) is 33.7 Å². The lowest BCUT2D eigenvalue weighted by Crippen LogP contribution is -2.36. The normalized spacial score (nSPS) is 13.1. The molecule has 0 aromatic heterocycles. The monoisotopic (exact) mass is 227 g/mol. The molecule has 4 nitrogen and oxygen atoms in total. The van der Waals surface area contributed by atoms with E-state index in [4.69, 9.17) is 10.00 Å². The Labute approximate surface area is 99.6 Å². The van der Waals surface area contributed by atoms with Crippen molar-refractivity contribution in [3.8, 4) is 6.07 Å². The number of nitrogens with one attached hydrogen (secondary N) is 1. The predicted molar refractivity (Wildman–Crippen MR) is 66.3 cm³/mol. The van der Waals surface area contributed by atoms with Crippen LogP contribution in [0.2, 0.25) is 0 Å². The largest absolute Gasteiger partial charge is 0.385 e. The van der Waals surface area contributed by atoms with Gasteiger partial charge in [-0.1, -0.05) is 0 Å². The molecule has 1 atom stereocenters. The Hall–Kier alpha value is -0.630. The molecule has 0 aromatic carbocycles. The number of hydrogen-bond donors (Lipinski definition) is 1. The Morgan fingerprint density at radius 2 is 2.06 bits per heavy atom. The van der Waals surface area contributed by atoms with Crippen LogP contribution in [-0.4, -0.2) is 50.8 Å². The van der Waals surface area contributed by atoms with Crippen molar-refractivity contribution >= 4 is 0 Å². The maximum Gasteiger partial charge on any atom is 0.0967 e. The zero-order valence-electron chi connectivity index (χ0n) is 11.0. The lowest BCUT2D eigenvalue weighted by Gasteiger charge is -2.19. The van der Waals surface area contributed by atoms with E-state index in [1.165, 1.54) is 0 Å². The second-order valence-corrected chi connectivity index (χ2v) is 4.44. The first-order chi connectivity index (χ1) is 7.60. The second kappa shape index (κ2) is 9.59. The van der Waals surface area contributed by atoms with Gasteiger partial charge in [-0.15, -0.1) is 0 Å². The summed E-state index contributed by atoms with van der Waals surface area (Å²) in [4.78, 5) is 2.24. The van der Waals surface area contributed by atoms with Gasteiger partial charge >= 0.3 is 0 Å². The van der Waals surface area contributed by atoms with Crippen LogP contribution in [0.3, 0.4) is 0 Å². The van der Waals surface area contributed by atoms with Gasteiger partial charge in [0, 0.05) is 32.8 Å². The van der Waals surface area contributed by atoms with E-state index < -0.39 is 0 Å². The molecule has 0 aliphatic heterocycles.